The van der Waals surface area contributed by atoms with Crippen molar-refractivity contribution in [2.75, 3.05) is 0 Å². The standard InChI is InChI=1S/C20H23NO/c1-14-8-3-5-11-17(14)15(2)20(19(21)22)13-7-10-16-9-4-6-12-18(16)20/h3-6,8-9,11-12,15H,7,10,13H2,1-2H3,(H2,21,22). The molecule has 0 fully saturated rings. The Labute approximate surface area is 132 Å². The second kappa shape index (κ2) is 5.60. The van der Waals surface area contributed by atoms with Gasteiger partial charge in [-0.2, -0.15) is 0 Å². The Bertz CT molecular complexity index is 706. The third kappa shape index (κ3) is 2.14. The van der Waals surface area contributed by atoms with E-state index in [0.29, 0.717) is 0 Å². The fraction of sp³-hybridized carbons (Fsp3) is 0.350. The van der Waals surface area contributed by atoms with Gasteiger partial charge < -0.3 is 5.73 Å². The first-order chi connectivity index (χ1) is 10.6. The third-order valence-corrected chi connectivity index (χ3v) is 5.35. The van der Waals surface area contributed by atoms with Gasteiger partial charge in [-0.25, -0.2) is 0 Å². The fourth-order valence-corrected chi connectivity index (χ4v) is 4.12. The normalized spacial score (nSPS) is 21.9. The van der Waals surface area contributed by atoms with Gasteiger partial charge >= 0.3 is 0 Å². The second-order valence-electron chi connectivity index (χ2n) is 6.42. The van der Waals surface area contributed by atoms with Crippen LogP contribution in [0, 0.1) is 6.92 Å². The summed E-state index contributed by atoms with van der Waals surface area (Å²) in [6.45, 7) is 4.25. The zero-order valence-electron chi connectivity index (χ0n) is 13.3. The Kier molecular flexibility index (Phi) is 3.78. The van der Waals surface area contributed by atoms with Gasteiger partial charge in [0.1, 0.15) is 0 Å². The molecule has 0 saturated carbocycles. The molecule has 22 heavy (non-hydrogen) atoms. The quantitative estimate of drug-likeness (QED) is 0.917. The molecule has 0 radical (unpaired) electrons. The molecule has 114 valence electrons. The third-order valence-electron chi connectivity index (χ3n) is 5.35. The molecule has 2 atom stereocenters. The molecule has 2 heteroatoms. The maximum atomic E-state index is 12.6. The number of nitrogens with two attached hydrogens (primary N) is 1. The molecule has 1 aliphatic rings. The number of carbonyl (C=O) groups is 1. The molecule has 0 aromatic heterocycles. The minimum atomic E-state index is -0.596. The molecule has 1 aliphatic carbocycles. The summed E-state index contributed by atoms with van der Waals surface area (Å²) in [7, 11) is 0. The average molecular weight is 293 g/mol. The summed E-state index contributed by atoms with van der Waals surface area (Å²) in [5, 5.41) is 0. The summed E-state index contributed by atoms with van der Waals surface area (Å²) in [5.74, 6) is -0.122. The van der Waals surface area contributed by atoms with E-state index in [-0.39, 0.29) is 11.8 Å². The Morgan fingerprint density at radius 1 is 1.14 bits per heavy atom. The number of benzene rings is 2. The van der Waals surface area contributed by atoms with Crippen molar-refractivity contribution in [3.05, 3.63) is 70.8 Å². The topological polar surface area (TPSA) is 43.1 Å². The lowest BCUT2D eigenvalue weighted by Gasteiger charge is -2.42. The van der Waals surface area contributed by atoms with Gasteiger partial charge in [-0.3, -0.25) is 4.79 Å². The predicted octanol–water partition coefficient (Wildman–Crippen LogP) is 3.86. The van der Waals surface area contributed by atoms with E-state index >= 15 is 0 Å². The minimum absolute atomic E-state index is 0.0765. The number of hydrogen-bond donors (Lipinski definition) is 1. The van der Waals surface area contributed by atoms with Gasteiger partial charge in [-0.1, -0.05) is 55.5 Å². The Morgan fingerprint density at radius 2 is 1.82 bits per heavy atom. The SMILES string of the molecule is Cc1ccccc1C(C)C1(C(N)=O)CCCc2ccccc21. The highest BCUT2D eigenvalue weighted by Crippen LogP contribution is 2.47. The molecule has 0 spiro atoms. The van der Waals surface area contributed by atoms with Crippen molar-refractivity contribution in [3.63, 3.8) is 0 Å². The molecule has 0 bridgehead atoms. The molecule has 0 heterocycles. The summed E-state index contributed by atoms with van der Waals surface area (Å²) in [5.41, 5.74) is 10.2. The highest BCUT2D eigenvalue weighted by atomic mass is 16.1. The number of fused-ring (bicyclic) bond motifs is 1. The van der Waals surface area contributed by atoms with Gasteiger partial charge in [0.05, 0.1) is 5.41 Å². The zero-order valence-corrected chi connectivity index (χ0v) is 13.3. The van der Waals surface area contributed by atoms with E-state index in [1.807, 2.05) is 24.3 Å². The van der Waals surface area contributed by atoms with E-state index in [1.54, 1.807) is 0 Å². The van der Waals surface area contributed by atoms with Gasteiger partial charge in [0.15, 0.2) is 0 Å². The van der Waals surface area contributed by atoms with Crippen molar-refractivity contribution >= 4 is 5.91 Å². The van der Waals surface area contributed by atoms with Crippen LogP contribution in [-0.4, -0.2) is 5.91 Å². The second-order valence-corrected chi connectivity index (χ2v) is 6.42. The van der Waals surface area contributed by atoms with Crippen LogP contribution in [0.4, 0.5) is 0 Å². The molecule has 2 aromatic rings. The highest BCUT2D eigenvalue weighted by Gasteiger charge is 2.46. The van der Waals surface area contributed by atoms with Crippen LogP contribution in [0.15, 0.2) is 48.5 Å². The van der Waals surface area contributed by atoms with Crippen LogP contribution < -0.4 is 5.73 Å². The summed E-state index contributed by atoms with van der Waals surface area (Å²) in [6.07, 6.45) is 2.87. The van der Waals surface area contributed by atoms with E-state index in [0.717, 1.165) is 24.8 Å². The zero-order chi connectivity index (χ0) is 15.7. The van der Waals surface area contributed by atoms with Crippen molar-refractivity contribution < 1.29 is 4.79 Å². The monoisotopic (exact) mass is 293 g/mol. The number of amides is 1. The van der Waals surface area contributed by atoms with Crippen molar-refractivity contribution in [2.45, 2.75) is 44.4 Å². The van der Waals surface area contributed by atoms with Gasteiger partial charge in [0.2, 0.25) is 5.91 Å². The molecule has 2 N–H and O–H groups in total. The highest BCUT2D eigenvalue weighted by molar-refractivity contribution is 5.89. The molecule has 0 saturated heterocycles. The van der Waals surface area contributed by atoms with Crippen LogP contribution in [0.5, 0.6) is 0 Å². The maximum Gasteiger partial charge on any atom is 0.228 e. The smallest absolute Gasteiger partial charge is 0.228 e. The van der Waals surface area contributed by atoms with Crippen LogP contribution in [0.3, 0.4) is 0 Å². The lowest BCUT2D eigenvalue weighted by atomic mass is 9.61. The Morgan fingerprint density at radius 3 is 2.55 bits per heavy atom. The lowest BCUT2D eigenvalue weighted by molar-refractivity contribution is -0.125. The molecule has 2 nitrogen and oxygen atoms in total. The van der Waals surface area contributed by atoms with E-state index in [1.165, 1.54) is 16.7 Å². The van der Waals surface area contributed by atoms with Crippen LogP contribution in [0.25, 0.3) is 0 Å². The Balaban J connectivity index is 2.19. The number of rotatable bonds is 3. The molecule has 1 amide bonds. The first kappa shape index (κ1) is 14.8. The summed E-state index contributed by atoms with van der Waals surface area (Å²) < 4.78 is 0. The van der Waals surface area contributed by atoms with Gasteiger partial charge in [-0.05, 0) is 54.4 Å². The molecule has 2 unspecified atom stereocenters. The molecule has 3 rings (SSSR count). The van der Waals surface area contributed by atoms with Gasteiger partial charge in [0, 0.05) is 0 Å². The lowest BCUT2D eigenvalue weighted by Crippen LogP contribution is -2.47. The van der Waals surface area contributed by atoms with Crippen molar-refractivity contribution in [1.29, 1.82) is 0 Å². The number of primary amides is 1. The molecular formula is C20H23NO. The van der Waals surface area contributed by atoms with Crippen LogP contribution in [-0.2, 0) is 16.6 Å². The largest absolute Gasteiger partial charge is 0.369 e. The van der Waals surface area contributed by atoms with Crippen LogP contribution in [0.1, 0.15) is 47.9 Å². The van der Waals surface area contributed by atoms with Gasteiger partial charge in [0.25, 0.3) is 0 Å². The van der Waals surface area contributed by atoms with E-state index < -0.39 is 5.41 Å². The summed E-state index contributed by atoms with van der Waals surface area (Å²) >= 11 is 0. The van der Waals surface area contributed by atoms with Crippen molar-refractivity contribution in [3.8, 4) is 0 Å². The van der Waals surface area contributed by atoms with Crippen molar-refractivity contribution in [1.82, 2.24) is 0 Å². The number of hydrogen-bond acceptors (Lipinski definition) is 1. The van der Waals surface area contributed by atoms with Crippen LogP contribution >= 0.6 is 0 Å². The van der Waals surface area contributed by atoms with E-state index in [4.69, 9.17) is 5.73 Å². The van der Waals surface area contributed by atoms with Gasteiger partial charge in [-0.15, -0.1) is 0 Å². The van der Waals surface area contributed by atoms with E-state index in [2.05, 4.69) is 38.1 Å². The number of carbonyl (C=O) groups excluding carboxylic acids is 1. The first-order valence-electron chi connectivity index (χ1n) is 8.01. The van der Waals surface area contributed by atoms with Crippen molar-refractivity contribution in [2.24, 2.45) is 5.73 Å². The maximum absolute atomic E-state index is 12.6. The average Bonchev–Trinajstić information content (AvgIpc) is 2.54. The summed E-state index contributed by atoms with van der Waals surface area (Å²) in [4.78, 5) is 12.6. The van der Waals surface area contributed by atoms with Crippen LogP contribution in [0.2, 0.25) is 0 Å². The predicted molar refractivity (Wildman–Crippen MR) is 89.8 cm³/mol. The molecular weight excluding hydrogens is 270 g/mol. The van der Waals surface area contributed by atoms with E-state index in [9.17, 15) is 4.79 Å². The molecule has 0 aliphatic heterocycles. The summed E-state index contributed by atoms with van der Waals surface area (Å²) in [6, 6.07) is 16.6. The fourth-order valence-electron chi connectivity index (χ4n) is 4.12. The Hall–Kier alpha value is -2.09. The molecule has 2 aromatic carbocycles. The minimum Gasteiger partial charge on any atom is -0.369 e. The first-order valence-corrected chi connectivity index (χ1v) is 8.01. The number of aryl methyl sites for hydroxylation is 2.